The van der Waals surface area contributed by atoms with Crippen LogP contribution in [-0.4, -0.2) is 50.2 Å². The Morgan fingerprint density at radius 2 is 2.00 bits per heavy atom. The van der Waals surface area contributed by atoms with E-state index in [1.807, 2.05) is 0 Å². The third-order valence-corrected chi connectivity index (χ3v) is 3.47. The molecule has 1 saturated heterocycles. The zero-order valence-electron chi connectivity index (χ0n) is 12.6. The van der Waals surface area contributed by atoms with E-state index in [-0.39, 0.29) is 0 Å². The maximum absolute atomic E-state index is 3.76. The topological polar surface area (TPSA) is 27.3 Å². The average molecular weight is 241 g/mol. The maximum Gasteiger partial charge on any atom is 0.0139 e. The summed E-state index contributed by atoms with van der Waals surface area (Å²) in [7, 11) is 4.30. The van der Waals surface area contributed by atoms with Crippen molar-refractivity contribution in [3.05, 3.63) is 0 Å². The fourth-order valence-corrected chi connectivity index (χ4v) is 2.88. The van der Waals surface area contributed by atoms with Gasteiger partial charge in [-0.05, 0) is 52.7 Å². The van der Waals surface area contributed by atoms with Crippen LogP contribution in [0.25, 0.3) is 0 Å². The van der Waals surface area contributed by atoms with Gasteiger partial charge in [0.1, 0.15) is 0 Å². The van der Waals surface area contributed by atoms with Crippen LogP contribution in [0.15, 0.2) is 0 Å². The van der Waals surface area contributed by atoms with Crippen LogP contribution in [0.3, 0.4) is 0 Å². The molecule has 1 heterocycles. The summed E-state index contributed by atoms with van der Waals surface area (Å²) in [6, 6.07) is 0.674. The van der Waals surface area contributed by atoms with Crippen molar-refractivity contribution in [3.63, 3.8) is 0 Å². The summed E-state index contributed by atoms with van der Waals surface area (Å²) in [5.74, 6) is 0. The van der Waals surface area contributed by atoms with Crippen molar-refractivity contribution in [1.29, 1.82) is 0 Å². The Bertz CT molecular complexity index is 234. The molecule has 1 atom stereocenters. The van der Waals surface area contributed by atoms with E-state index in [2.05, 4.69) is 57.3 Å². The highest BCUT2D eigenvalue weighted by Crippen LogP contribution is 2.20. The molecule has 0 aromatic rings. The van der Waals surface area contributed by atoms with Gasteiger partial charge in [-0.15, -0.1) is 0 Å². The summed E-state index contributed by atoms with van der Waals surface area (Å²) >= 11 is 0. The molecular formula is C14H31N3. The van der Waals surface area contributed by atoms with E-state index < -0.39 is 0 Å². The number of piperidine rings is 1. The fourth-order valence-electron chi connectivity index (χ4n) is 2.88. The van der Waals surface area contributed by atoms with Crippen LogP contribution in [0.2, 0.25) is 0 Å². The molecule has 0 aromatic heterocycles. The Hall–Kier alpha value is -0.120. The zero-order chi connectivity index (χ0) is 13.1. The van der Waals surface area contributed by atoms with Gasteiger partial charge in [0, 0.05) is 24.7 Å². The molecule has 0 radical (unpaired) electrons. The summed E-state index contributed by atoms with van der Waals surface area (Å²) in [5.41, 5.74) is 0.639. The molecule has 0 amide bonds. The summed E-state index contributed by atoms with van der Waals surface area (Å²) in [5, 5.41) is 7.33. The Labute approximate surface area is 107 Å². The minimum absolute atomic E-state index is 0.293. The number of rotatable bonds is 5. The Kier molecular flexibility index (Phi) is 4.99. The van der Waals surface area contributed by atoms with E-state index in [1.165, 1.54) is 12.8 Å². The Balaban J connectivity index is 2.35. The standard InChI is InChI=1S/C14H31N3/c1-13(2,11-17(5)6)10-15-12-7-8-16-14(3,4)9-12/h12,15-16H,7-11H2,1-6H3. The van der Waals surface area contributed by atoms with E-state index in [9.17, 15) is 0 Å². The number of hydrogen-bond acceptors (Lipinski definition) is 3. The predicted octanol–water partition coefficient (Wildman–Crippen LogP) is 1.69. The van der Waals surface area contributed by atoms with Crippen molar-refractivity contribution in [1.82, 2.24) is 15.5 Å². The fraction of sp³-hybridized carbons (Fsp3) is 1.00. The van der Waals surface area contributed by atoms with Crippen LogP contribution in [0.5, 0.6) is 0 Å². The first-order valence-corrected chi connectivity index (χ1v) is 6.83. The second-order valence-electron chi connectivity index (χ2n) is 7.28. The maximum atomic E-state index is 3.76. The van der Waals surface area contributed by atoms with Crippen LogP contribution < -0.4 is 10.6 Å². The second kappa shape index (κ2) is 5.68. The molecule has 3 nitrogen and oxygen atoms in total. The molecule has 0 aromatic carbocycles. The van der Waals surface area contributed by atoms with Crippen LogP contribution in [0.1, 0.15) is 40.5 Å². The zero-order valence-corrected chi connectivity index (χ0v) is 12.6. The lowest BCUT2D eigenvalue weighted by atomic mass is 9.87. The first-order chi connectivity index (χ1) is 7.70. The SMILES string of the molecule is CN(C)CC(C)(C)CNC1CCNC(C)(C)C1. The number of hydrogen-bond donors (Lipinski definition) is 2. The monoisotopic (exact) mass is 241 g/mol. The predicted molar refractivity (Wildman–Crippen MR) is 75.4 cm³/mol. The minimum atomic E-state index is 0.293. The van der Waals surface area contributed by atoms with E-state index in [4.69, 9.17) is 0 Å². The smallest absolute Gasteiger partial charge is 0.0139 e. The van der Waals surface area contributed by atoms with Crippen molar-refractivity contribution in [3.8, 4) is 0 Å². The molecule has 0 saturated carbocycles. The quantitative estimate of drug-likeness (QED) is 0.767. The third kappa shape index (κ3) is 5.84. The van der Waals surface area contributed by atoms with Crippen LogP contribution in [-0.2, 0) is 0 Å². The molecule has 0 bridgehead atoms. The highest BCUT2D eigenvalue weighted by molar-refractivity contribution is 4.90. The van der Waals surface area contributed by atoms with Crippen molar-refractivity contribution in [2.24, 2.45) is 5.41 Å². The van der Waals surface area contributed by atoms with Crippen molar-refractivity contribution >= 4 is 0 Å². The number of nitrogens with one attached hydrogen (secondary N) is 2. The largest absolute Gasteiger partial charge is 0.313 e. The van der Waals surface area contributed by atoms with E-state index >= 15 is 0 Å². The van der Waals surface area contributed by atoms with E-state index in [0.29, 0.717) is 17.0 Å². The molecule has 17 heavy (non-hydrogen) atoms. The van der Waals surface area contributed by atoms with E-state index in [1.54, 1.807) is 0 Å². The molecule has 1 unspecified atom stereocenters. The van der Waals surface area contributed by atoms with Gasteiger partial charge in [-0.1, -0.05) is 13.8 Å². The molecule has 3 heteroatoms. The number of nitrogens with zero attached hydrogens (tertiary/aromatic N) is 1. The van der Waals surface area contributed by atoms with Crippen LogP contribution >= 0.6 is 0 Å². The average Bonchev–Trinajstić information content (AvgIpc) is 2.11. The van der Waals surface area contributed by atoms with Crippen molar-refractivity contribution in [2.45, 2.75) is 52.1 Å². The summed E-state index contributed by atoms with van der Waals surface area (Å²) < 4.78 is 0. The second-order valence-corrected chi connectivity index (χ2v) is 7.28. The summed E-state index contributed by atoms with van der Waals surface area (Å²) in [6.45, 7) is 12.6. The summed E-state index contributed by atoms with van der Waals surface area (Å²) in [4.78, 5) is 2.27. The molecule has 1 aliphatic heterocycles. The van der Waals surface area contributed by atoms with Crippen molar-refractivity contribution < 1.29 is 0 Å². The van der Waals surface area contributed by atoms with Gasteiger partial charge in [0.15, 0.2) is 0 Å². The molecule has 1 rings (SSSR count). The lowest BCUT2D eigenvalue weighted by Crippen LogP contribution is -2.53. The van der Waals surface area contributed by atoms with Gasteiger partial charge in [-0.2, -0.15) is 0 Å². The normalized spacial score (nSPS) is 25.2. The van der Waals surface area contributed by atoms with Gasteiger partial charge in [0.25, 0.3) is 0 Å². The summed E-state index contributed by atoms with van der Waals surface area (Å²) in [6.07, 6.45) is 2.48. The van der Waals surface area contributed by atoms with Gasteiger partial charge in [0.2, 0.25) is 0 Å². The van der Waals surface area contributed by atoms with Gasteiger partial charge in [-0.3, -0.25) is 0 Å². The molecule has 0 aliphatic carbocycles. The van der Waals surface area contributed by atoms with E-state index in [0.717, 1.165) is 19.6 Å². The first-order valence-electron chi connectivity index (χ1n) is 6.83. The third-order valence-electron chi connectivity index (χ3n) is 3.47. The van der Waals surface area contributed by atoms with Gasteiger partial charge < -0.3 is 15.5 Å². The first kappa shape index (κ1) is 14.9. The van der Waals surface area contributed by atoms with Crippen LogP contribution in [0, 0.1) is 5.41 Å². The lowest BCUT2D eigenvalue weighted by Gasteiger charge is -2.39. The molecule has 1 fully saturated rings. The molecule has 0 spiro atoms. The molecule has 1 aliphatic rings. The van der Waals surface area contributed by atoms with Crippen LogP contribution in [0.4, 0.5) is 0 Å². The highest BCUT2D eigenvalue weighted by atomic mass is 15.1. The molecular weight excluding hydrogens is 210 g/mol. The Morgan fingerprint density at radius 1 is 1.35 bits per heavy atom. The molecule has 102 valence electrons. The minimum Gasteiger partial charge on any atom is -0.313 e. The van der Waals surface area contributed by atoms with Gasteiger partial charge in [-0.25, -0.2) is 0 Å². The molecule has 2 N–H and O–H groups in total. The van der Waals surface area contributed by atoms with Gasteiger partial charge >= 0.3 is 0 Å². The lowest BCUT2D eigenvalue weighted by molar-refractivity contribution is 0.196. The Morgan fingerprint density at radius 3 is 2.53 bits per heavy atom. The van der Waals surface area contributed by atoms with Gasteiger partial charge in [0.05, 0.1) is 0 Å². The van der Waals surface area contributed by atoms with Crippen molar-refractivity contribution in [2.75, 3.05) is 33.7 Å². The highest BCUT2D eigenvalue weighted by Gasteiger charge is 2.28.